The third-order valence-electron chi connectivity index (χ3n) is 7.29. The molecule has 1 aliphatic carbocycles. The zero-order valence-electron chi connectivity index (χ0n) is 23.5. The number of thiazole rings is 1. The van der Waals surface area contributed by atoms with Crippen LogP contribution in [0.1, 0.15) is 71.4 Å². The number of carbonyl (C=O) groups excluding carboxylic acids is 2. The number of benzene rings is 1. The number of ketones is 2. The van der Waals surface area contributed by atoms with Crippen LogP contribution >= 0.6 is 11.3 Å². The van der Waals surface area contributed by atoms with Gasteiger partial charge in [0.1, 0.15) is 29.0 Å². The van der Waals surface area contributed by atoms with Crippen LogP contribution in [-0.4, -0.2) is 59.4 Å². The smallest absolute Gasteiger partial charge is 0.262 e. The molecule has 40 heavy (non-hydrogen) atoms. The predicted molar refractivity (Wildman–Crippen MR) is 153 cm³/mol. The number of methoxy groups -OCH3 is 1. The Balaban J connectivity index is 1.16. The Labute approximate surface area is 238 Å². The van der Waals surface area contributed by atoms with Gasteiger partial charge in [0.25, 0.3) is 5.88 Å². The van der Waals surface area contributed by atoms with E-state index in [2.05, 4.69) is 19.9 Å². The molecule has 5 rings (SSSR count). The standard InChI is InChI=1S/C30H36N4O5S/c1-18(13-25(36)28-20(3)33-26(40-28)14-19(2)35)22-7-9-23(10-8-22)39-24-11-12-34(15-24)29-27(37-4)30(32-17-31-29)38-16-21-5-6-21/h7-10,17-18,21,24H,5-6,11-16H2,1-4H3/t18-,24?/m1/s1. The first-order chi connectivity index (χ1) is 19.3. The van der Waals surface area contributed by atoms with Crippen LogP contribution in [0.25, 0.3) is 0 Å². The van der Waals surface area contributed by atoms with E-state index in [9.17, 15) is 9.59 Å². The Morgan fingerprint density at radius 1 is 1.15 bits per heavy atom. The number of anilines is 1. The highest BCUT2D eigenvalue weighted by Gasteiger charge is 2.30. The fourth-order valence-electron chi connectivity index (χ4n) is 4.91. The Hall–Kier alpha value is -3.53. The van der Waals surface area contributed by atoms with Gasteiger partial charge in [-0.25, -0.2) is 9.97 Å². The summed E-state index contributed by atoms with van der Waals surface area (Å²) in [5, 5.41) is 0.702. The Morgan fingerprint density at radius 2 is 1.93 bits per heavy atom. The molecule has 0 bridgehead atoms. The van der Waals surface area contributed by atoms with Crippen LogP contribution in [0.5, 0.6) is 17.4 Å². The number of hydrogen-bond donors (Lipinski definition) is 0. The topological polar surface area (TPSA) is 104 Å². The molecular formula is C30H36N4O5S. The van der Waals surface area contributed by atoms with Gasteiger partial charge >= 0.3 is 0 Å². The highest BCUT2D eigenvalue weighted by molar-refractivity contribution is 7.14. The molecule has 212 valence electrons. The van der Waals surface area contributed by atoms with E-state index in [-0.39, 0.29) is 30.0 Å². The van der Waals surface area contributed by atoms with Crippen molar-refractivity contribution < 1.29 is 23.8 Å². The van der Waals surface area contributed by atoms with Crippen molar-refractivity contribution in [1.82, 2.24) is 15.0 Å². The van der Waals surface area contributed by atoms with Gasteiger partial charge in [0.2, 0.25) is 5.75 Å². The summed E-state index contributed by atoms with van der Waals surface area (Å²) >= 11 is 1.33. The third-order valence-corrected chi connectivity index (χ3v) is 8.49. The lowest BCUT2D eigenvalue weighted by atomic mass is 9.95. The van der Waals surface area contributed by atoms with Crippen molar-refractivity contribution in [2.24, 2.45) is 5.92 Å². The molecule has 0 amide bonds. The van der Waals surface area contributed by atoms with Crippen LogP contribution in [0.3, 0.4) is 0 Å². The fraction of sp³-hybridized carbons (Fsp3) is 0.500. The first-order valence-corrected chi connectivity index (χ1v) is 14.6. The number of carbonyl (C=O) groups is 2. The van der Waals surface area contributed by atoms with E-state index < -0.39 is 0 Å². The SMILES string of the molecule is COc1c(OCC2CC2)ncnc1N1CCC(Oc2ccc([C@H](C)CC(=O)c3sc(CC(C)=O)nc3C)cc2)C1. The van der Waals surface area contributed by atoms with Crippen molar-refractivity contribution in [2.75, 3.05) is 31.7 Å². The highest BCUT2D eigenvalue weighted by Crippen LogP contribution is 2.37. The molecule has 2 fully saturated rings. The maximum Gasteiger partial charge on any atom is 0.262 e. The Bertz CT molecular complexity index is 1350. The van der Waals surface area contributed by atoms with Crippen LogP contribution < -0.4 is 19.1 Å². The average molecular weight is 565 g/mol. The second-order valence-electron chi connectivity index (χ2n) is 10.8. The second kappa shape index (κ2) is 12.3. The fourth-order valence-corrected chi connectivity index (χ4v) is 5.99. The average Bonchev–Trinajstić information content (AvgIpc) is 3.53. The van der Waals surface area contributed by atoms with Crippen molar-refractivity contribution in [3.63, 3.8) is 0 Å². The van der Waals surface area contributed by atoms with Gasteiger partial charge in [-0.1, -0.05) is 19.1 Å². The number of hydrogen-bond acceptors (Lipinski definition) is 10. The molecular weight excluding hydrogens is 528 g/mol. The summed E-state index contributed by atoms with van der Waals surface area (Å²) in [4.78, 5) is 40.4. The van der Waals surface area contributed by atoms with Crippen LogP contribution in [0.2, 0.25) is 0 Å². The normalized spacial score (nSPS) is 17.5. The third kappa shape index (κ3) is 6.78. The molecule has 2 aliphatic rings. The molecule has 9 nitrogen and oxygen atoms in total. The molecule has 0 radical (unpaired) electrons. The summed E-state index contributed by atoms with van der Waals surface area (Å²) < 4.78 is 17.8. The minimum Gasteiger partial charge on any atom is -0.489 e. The van der Waals surface area contributed by atoms with Crippen LogP contribution in [0.15, 0.2) is 30.6 Å². The highest BCUT2D eigenvalue weighted by atomic mass is 32.1. The summed E-state index contributed by atoms with van der Waals surface area (Å²) in [6, 6.07) is 7.99. The lowest BCUT2D eigenvalue weighted by molar-refractivity contribution is -0.116. The van der Waals surface area contributed by atoms with E-state index >= 15 is 0 Å². The van der Waals surface area contributed by atoms with Gasteiger partial charge in [0.15, 0.2) is 11.6 Å². The largest absolute Gasteiger partial charge is 0.489 e. The molecule has 1 saturated heterocycles. The van der Waals surface area contributed by atoms with E-state index in [1.807, 2.05) is 38.1 Å². The van der Waals surface area contributed by atoms with Gasteiger partial charge in [0.05, 0.1) is 37.3 Å². The van der Waals surface area contributed by atoms with Crippen molar-refractivity contribution in [3.05, 3.63) is 51.7 Å². The number of ether oxygens (including phenoxy) is 3. The number of nitrogens with zero attached hydrogens (tertiary/aromatic N) is 4. The number of rotatable bonds is 13. The lowest BCUT2D eigenvalue weighted by Crippen LogP contribution is -2.26. The van der Waals surface area contributed by atoms with E-state index in [1.165, 1.54) is 37.4 Å². The van der Waals surface area contributed by atoms with Gasteiger partial charge in [0, 0.05) is 19.4 Å². The summed E-state index contributed by atoms with van der Waals surface area (Å²) in [5.41, 5.74) is 1.78. The molecule has 2 atom stereocenters. The Morgan fingerprint density at radius 3 is 2.62 bits per heavy atom. The van der Waals surface area contributed by atoms with E-state index in [0.717, 1.165) is 30.1 Å². The summed E-state index contributed by atoms with van der Waals surface area (Å²) in [7, 11) is 1.62. The monoisotopic (exact) mass is 564 g/mol. The van der Waals surface area contributed by atoms with Crippen molar-refractivity contribution in [1.29, 1.82) is 0 Å². The number of Topliss-reactive ketones (excluding diaryl/α,β-unsaturated/α-hetero) is 2. The van der Waals surface area contributed by atoms with Crippen molar-refractivity contribution in [2.45, 2.75) is 64.9 Å². The zero-order chi connectivity index (χ0) is 28.2. The first kappa shape index (κ1) is 28.0. The van der Waals surface area contributed by atoms with Gasteiger partial charge in [-0.3, -0.25) is 9.59 Å². The number of aryl methyl sites for hydroxylation is 1. The van der Waals surface area contributed by atoms with Gasteiger partial charge in [-0.05, 0) is 56.2 Å². The molecule has 1 unspecified atom stereocenters. The van der Waals surface area contributed by atoms with Crippen LogP contribution in [0, 0.1) is 12.8 Å². The minimum atomic E-state index is 0.0128. The summed E-state index contributed by atoms with van der Waals surface area (Å²) in [6.07, 6.45) is 5.47. The molecule has 3 heterocycles. The minimum absolute atomic E-state index is 0.0128. The van der Waals surface area contributed by atoms with Crippen LogP contribution in [0.4, 0.5) is 5.82 Å². The molecule has 1 saturated carbocycles. The van der Waals surface area contributed by atoms with E-state index in [0.29, 0.717) is 52.7 Å². The molecule has 1 aliphatic heterocycles. The maximum absolute atomic E-state index is 13.0. The second-order valence-corrected chi connectivity index (χ2v) is 11.8. The molecule has 3 aromatic rings. The first-order valence-electron chi connectivity index (χ1n) is 13.8. The van der Waals surface area contributed by atoms with Crippen molar-refractivity contribution in [3.8, 4) is 17.4 Å². The van der Waals surface area contributed by atoms with Gasteiger partial charge in [-0.15, -0.1) is 11.3 Å². The predicted octanol–water partition coefficient (Wildman–Crippen LogP) is 5.20. The quantitative estimate of drug-likeness (QED) is 0.259. The molecule has 0 spiro atoms. The number of aromatic nitrogens is 3. The van der Waals surface area contributed by atoms with E-state index in [4.69, 9.17) is 14.2 Å². The Kier molecular flexibility index (Phi) is 8.63. The molecule has 1 aromatic carbocycles. The summed E-state index contributed by atoms with van der Waals surface area (Å²) in [5.74, 6) is 3.36. The van der Waals surface area contributed by atoms with Crippen molar-refractivity contribution >= 4 is 28.7 Å². The molecule has 2 aromatic heterocycles. The van der Waals surface area contributed by atoms with E-state index in [1.54, 1.807) is 7.11 Å². The van der Waals surface area contributed by atoms with Crippen LogP contribution in [-0.2, 0) is 11.2 Å². The summed E-state index contributed by atoms with van der Waals surface area (Å²) in [6.45, 7) is 7.55. The van der Waals surface area contributed by atoms with Gasteiger partial charge in [-0.2, -0.15) is 4.98 Å². The van der Waals surface area contributed by atoms with Gasteiger partial charge < -0.3 is 19.1 Å². The molecule has 10 heteroatoms. The lowest BCUT2D eigenvalue weighted by Gasteiger charge is -2.21. The zero-order valence-corrected chi connectivity index (χ0v) is 24.3. The molecule has 0 N–H and O–H groups in total. The maximum atomic E-state index is 13.0.